The Hall–Kier alpha value is 0.170. The van der Waals surface area contributed by atoms with E-state index in [0.29, 0.717) is 5.25 Å². The lowest BCUT2D eigenvalue weighted by molar-refractivity contribution is 0.106. The van der Waals surface area contributed by atoms with Crippen molar-refractivity contribution in [3.05, 3.63) is 0 Å². The molecule has 1 nitrogen and oxygen atoms in total. The van der Waals surface area contributed by atoms with Crippen LogP contribution in [0.5, 0.6) is 0 Å². The van der Waals surface area contributed by atoms with Gasteiger partial charge in [0.05, 0.1) is 6.04 Å². The highest BCUT2D eigenvalue weighted by atomic mass is 32.2. The number of hydrogen-bond acceptors (Lipinski definition) is 2. The number of nitrogens with one attached hydrogen (secondary N) is 1. The van der Waals surface area contributed by atoms with Crippen LogP contribution in [0.3, 0.4) is 0 Å². The molecule has 0 bridgehead atoms. The maximum absolute atomic E-state index is 12.1. The summed E-state index contributed by atoms with van der Waals surface area (Å²) in [7, 11) is 0. The largest absolute Gasteiger partial charge is 0.308 e. The molecule has 0 radical (unpaired) electrons. The van der Waals surface area contributed by atoms with Crippen LogP contribution in [0.1, 0.15) is 26.2 Å². The zero-order valence-corrected chi connectivity index (χ0v) is 8.75. The number of alkyl halides is 2. The van der Waals surface area contributed by atoms with Gasteiger partial charge in [-0.25, -0.2) is 8.78 Å². The predicted molar refractivity (Wildman–Crippen MR) is 53.6 cm³/mol. The third-order valence-corrected chi connectivity index (χ3v) is 3.72. The molecule has 2 atom stereocenters. The van der Waals surface area contributed by atoms with E-state index in [1.54, 1.807) is 0 Å². The molecule has 1 aliphatic rings. The summed E-state index contributed by atoms with van der Waals surface area (Å²) in [5.74, 6) is 1.19. The lowest BCUT2D eigenvalue weighted by atomic mass is 10.2. The van der Waals surface area contributed by atoms with E-state index in [-0.39, 0.29) is 0 Å². The first-order valence-corrected chi connectivity index (χ1v) is 5.88. The van der Waals surface area contributed by atoms with Crippen LogP contribution in [0.15, 0.2) is 0 Å². The molecule has 2 unspecified atom stereocenters. The minimum absolute atomic E-state index is 0.551. The van der Waals surface area contributed by atoms with Crippen molar-refractivity contribution in [1.82, 2.24) is 5.32 Å². The van der Waals surface area contributed by atoms with Gasteiger partial charge in [-0.2, -0.15) is 11.8 Å². The molecule has 1 heterocycles. The molecular weight excluding hydrogens is 192 g/mol. The Morgan fingerprint density at radius 2 is 2.23 bits per heavy atom. The first-order chi connectivity index (χ1) is 6.20. The van der Waals surface area contributed by atoms with E-state index in [9.17, 15) is 8.78 Å². The molecule has 0 aliphatic carbocycles. The van der Waals surface area contributed by atoms with E-state index in [1.165, 1.54) is 31.9 Å². The molecule has 0 aromatic heterocycles. The second-order valence-electron chi connectivity index (χ2n) is 3.52. The van der Waals surface area contributed by atoms with Crippen LogP contribution < -0.4 is 5.32 Å². The zero-order chi connectivity index (χ0) is 9.68. The van der Waals surface area contributed by atoms with Gasteiger partial charge in [0.1, 0.15) is 0 Å². The van der Waals surface area contributed by atoms with Crippen molar-refractivity contribution in [3.8, 4) is 0 Å². The number of thioether (sulfide) groups is 1. The summed E-state index contributed by atoms with van der Waals surface area (Å²) in [6, 6.07) is -0.664. The maximum Gasteiger partial charge on any atom is 0.253 e. The fraction of sp³-hybridized carbons (Fsp3) is 1.00. The molecule has 0 aromatic rings. The van der Waals surface area contributed by atoms with E-state index in [1.807, 2.05) is 11.8 Å². The van der Waals surface area contributed by atoms with Gasteiger partial charge in [-0.3, -0.25) is 0 Å². The third-order valence-electron chi connectivity index (χ3n) is 2.32. The first-order valence-electron chi connectivity index (χ1n) is 4.83. The number of rotatable bonds is 4. The molecular formula is C9H17F2NS. The summed E-state index contributed by atoms with van der Waals surface area (Å²) in [6.45, 7) is 2.27. The van der Waals surface area contributed by atoms with Crippen molar-refractivity contribution in [3.63, 3.8) is 0 Å². The summed E-state index contributed by atoms with van der Waals surface area (Å²) in [5.41, 5.74) is 0. The van der Waals surface area contributed by atoms with E-state index in [2.05, 4.69) is 5.32 Å². The van der Waals surface area contributed by atoms with Gasteiger partial charge in [0.25, 0.3) is 6.43 Å². The van der Waals surface area contributed by atoms with Gasteiger partial charge >= 0.3 is 0 Å². The molecule has 4 heteroatoms. The molecule has 1 aliphatic heterocycles. The molecule has 1 rings (SSSR count). The van der Waals surface area contributed by atoms with Crippen LogP contribution >= 0.6 is 11.8 Å². The van der Waals surface area contributed by atoms with Crippen LogP contribution in [0, 0.1) is 0 Å². The monoisotopic (exact) mass is 209 g/mol. The highest BCUT2D eigenvalue weighted by molar-refractivity contribution is 7.99. The van der Waals surface area contributed by atoms with Gasteiger partial charge in [-0.15, -0.1) is 0 Å². The van der Waals surface area contributed by atoms with Crippen molar-refractivity contribution in [2.24, 2.45) is 0 Å². The van der Waals surface area contributed by atoms with Crippen LogP contribution in [-0.2, 0) is 0 Å². The van der Waals surface area contributed by atoms with E-state index in [4.69, 9.17) is 0 Å². The van der Waals surface area contributed by atoms with Crippen LogP contribution in [-0.4, -0.2) is 30.0 Å². The first kappa shape index (κ1) is 11.2. The van der Waals surface area contributed by atoms with Gasteiger partial charge in [0.15, 0.2) is 0 Å². The Labute approximate surface area is 82.7 Å². The smallest absolute Gasteiger partial charge is 0.253 e. The Morgan fingerprint density at radius 3 is 2.77 bits per heavy atom. The standard InChI is InChI=1S/C9H17F2NS/c1-7(9(10)11)12-6-8-4-2-3-5-13-8/h7-9,12H,2-6H2,1H3. The van der Waals surface area contributed by atoms with E-state index < -0.39 is 12.5 Å². The zero-order valence-electron chi connectivity index (χ0n) is 7.93. The normalized spacial score (nSPS) is 26.3. The fourth-order valence-electron chi connectivity index (χ4n) is 1.37. The summed E-state index contributed by atoms with van der Waals surface area (Å²) < 4.78 is 24.2. The Balaban J connectivity index is 2.10. The lowest BCUT2D eigenvalue weighted by Crippen LogP contribution is -2.37. The average Bonchev–Trinajstić information content (AvgIpc) is 2.15. The van der Waals surface area contributed by atoms with Crippen LogP contribution in [0.4, 0.5) is 8.78 Å². The van der Waals surface area contributed by atoms with E-state index >= 15 is 0 Å². The third kappa shape index (κ3) is 4.27. The second kappa shape index (κ2) is 5.81. The van der Waals surface area contributed by atoms with E-state index in [0.717, 1.165) is 6.54 Å². The minimum atomic E-state index is -2.24. The van der Waals surface area contributed by atoms with Crippen molar-refractivity contribution in [2.75, 3.05) is 12.3 Å². The molecule has 1 fully saturated rings. The molecule has 1 N–H and O–H groups in total. The molecule has 0 amide bonds. The molecule has 0 aromatic carbocycles. The van der Waals surface area contributed by atoms with Crippen molar-refractivity contribution in [2.45, 2.75) is 43.9 Å². The Bertz CT molecular complexity index is 138. The van der Waals surface area contributed by atoms with Crippen LogP contribution in [0.2, 0.25) is 0 Å². The quantitative estimate of drug-likeness (QED) is 0.763. The van der Waals surface area contributed by atoms with Gasteiger partial charge in [-0.05, 0) is 25.5 Å². The highest BCUT2D eigenvalue weighted by Gasteiger charge is 2.18. The molecule has 1 saturated heterocycles. The summed E-state index contributed by atoms with van der Waals surface area (Å²) in [5, 5.41) is 3.43. The molecule has 78 valence electrons. The molecule has 0 spiro atoms. The summed E-state index contributed by atoms with van der Waals surface area (Å²) in [4.78, 5) is 0. The van der Waals surface area contributed by atoms with Gasteiger partial charge in [0, 0.05) is 11.8 Å². The highest BCUT2D eigenvalue weighted by Crippen LogP contribution is 2.24. The second-order valence-corrected chi connectivity index (χ2v) is 4.93. The predicted octanol–water partition coefficient (Wildman–Crippen LogP) is 2.52. The van der Waals surface area contributed by atoms with Crippen molar-refractivity contribution < 1.29 is 8.78 Å². The summed E-state index contributed by atoms with van der Waals surface area (Å²) in [6.07, 6.45) is 1.47. The maximum atomic E-state index is 12.1. The number of halogens is 2. The van der Waals surface area contributed by atoms with Gasteiger partial charge in [-0.1, -0.05) is 6.42 Å². The van der Waals surface area contributed by atoms with Crippen LogP contribution in [0.25, 0.3) is 0 Å². The molecule has 13 heavy (non-hydrogen) atoms. The van der Waals surface area contributed by atoms with Crippen molar-refractivity contribution in [1.29, 1.82) is 0 Å². The summed E-state index contributed by atoms with van der Waals surface area (Å²) >= 11 is 1.91. The molecule has 0 saturated carbocycles. The Morgan fingerprint density at radius 1 is 1.46 bits per heavy atom. The number of hydrogen-bond donors (Lipinski definition) is 1. The lowest BCUT2D eigenvalue weighted by Gasteiger charge is -2.23. The van der Waals surface area contributed by atoms with Gasteiger partial charge in [0.2, 0.25) is 0 Å². The topological polar surface area (TPSA) is 12.0 Å². The SMILES string of the molecule is CC(NCC1CCCCS1)C(F)F. The Kier molecular flexibility index (Phi) is 5.02. The van der Waals surface area contributed by atoms with Gasteiger partial charge < -0.3 is 5.32 Å². The fourth-order valence-corrected chi connectivity index (χ4v) is 2.63. The van der Waals surface area contributed by atoms with Crippen molar-refractivity contribution >= 4 is 11.8 Å². The minimum Gasteiger partial charge on any atom is -0.308 e. The average molecular weight is 209 g/mol.